The summed E-state index contributed by atoms with van der Waals surface area (Å²) in [5, 5.41) is 0. The van der Waals surface area contributed by atoms with E-state index in [1.807, 2.05) is 48.5 Å². The van der Waals surface area contributed by atoms with Crippen molar-refractivity contribution in [3.63, 3.8) is 0 Å². The van der Waals surface area contributed by atoms with Gasteiger partial charge in [-0.05, 0) is 46.4 Å². The highest BCUT2D eigenvalue weighted by Gasteiger charge is 2.23. The SMILES string of the molecule is COc1cc(CC(N)=O)c(-c2cccnc2OCc2ccccc2)cc1C(C)(C)C. The molecule has 0 aliphatic carbocycles. The van der Waals surface area contributed by atoms with E-state index in [0.29, 0.717) is 12.5 Å². The summed E-state index contributed by atoms with van der Waals surface area (Å²) >= 11 is 0. The minimum atomic E-state index is -0.405. The maximum atomic E-state index is 11.8. The number of primary amides is 1. The average Bonchev–Trinajstić information content (AvgIpc) is 2.72. The van der Waals surface area contributed by atoms with Gasteiger partial charge in [0.05, 0.1) is 13.5 Å². The molecule has 156 valence electrons. The maximum absolute atomic E-state index is 11.8. The van der Waals surface area contributed by atoms with Gasteiger partial charge >= 0.3 is 0 Å². The lowest BCUT2D eigenvalue weighted by molar-refractivity contribution is -0.117. The third kappa shape index (κ3) is 4.98. The zero-order valence-electron chi connectivity index (χ0n) is 17.9. The van der Waals surface area contributed by atoms with Gasteiger partial charge in [0.1, 0.15) is 12.4 Å². The number of rotatable bonds is 7. The lowest BCUT2D eigenvalue weighted by Gasteiger charge is -2.25. The topological polar surface area (TPSA) is 74.4 Å². The summed E-state index contributed by atoms with van der Waals surface area (Å²) in [6.45, 7) is 6.77. The number of hydrogen-bond donors (Lipinski definition) is 1. The quantitative estimate of drug-likeness (QED) is 0.621. The van der Waals surface area contributed by atoms with Crippen LogP contribution >= 0.6 is 0 Å². The monoisotopic (exact) mass is 404 g/mol. The first-order chi connectivity index (χ1) is 14.3. The molecule has 5 heteroatoms. The number of methoxy groups -OCH3 is 1. The molecule has 0 atom stereocenters. The number of hydrogen-bond acceptors (Lipinski definition) is 4. The molecular weight excluding hydrogens is 376 g/mol. The second-order valence-corrected chi connectivity index (χ2v) is 8.23. The number of aromatic nitrogens is 1. The standard InChI is InChI=1S/C25H28N2O3/c1-25(2,3)21-15-20(18(14-23(26)28)13-22(21)29-4)19-11-8-12-27-24(19)30-16-17-9-6-5-7-10-17/h5-13,15H,14,16H2,1-4H3,(H2,26,28). The lowest BCUT2D eigenvalue weighted by atomic mass is 9.82. The molecule has 0 aliphatic rings. The van der Waals surface area contributed by atoms with Crippen LogP contribution in [0.2, 0.25) is 0 Å². The lowest BCUT2D eigenvalue weighted by Crippen LogP contribution is -2.17. The van der Waals surface area contributed by atoms with E-state index in [0.717, 1.165) is 33.6 Å². The van der Waals surface area contributed by atoms with E-state index in [-0.39, 0.29) is 11.8 Å². The van der Waals surface area contributed by atoms with Crippen LogP contribution in [0.1, 0.15) is 37.5 Å². The van der Waals surface area contributed by atoms with Gasteiger partial charge < -0.3 is 15.2 Å². The van der Waals surface area contributed by atoms with Gasteiger partial charge in [-0.15, -0.1) is 0 Å². The Morgan fingerprint density at radius 3 is 2.40 bits per heavy atom. The smallest absolute Gasteiger partial charge is 0.221 e. The van der Waals surface area contributed by atoms with Crippen molar-refractivity contribution in [1.82, 2.24) is 4.98 Å². The summed E-state index contributed by atoms with van der Waals surface area (Å²) in [5.41, 5.74) is 9.94. The highest BCUT2D eigenvalue weighted by molar-refractivity contribution is 5.82. The Morgan fingerprint density at radius 2 is 1.77 bits per heavy atom. The summed E-state index contributed by atoms with van der Waals surface area (Å²) in [5.74, 6) is 0.840. The fraction of sp³-hybridized carbons (Fsp3) is 0.280. The summed E-state index contributed by atoms with van der Waals surface area (Å²) in [6.07, 6.45) is 1.80. The molecule has 0 fully saturated rings. The molecule has 30 heavy (non-hydrogen) atoms. The third-order valence-electron chi connectivity index (χ3n) is 4.88. The highest BCUT2D eigenvalue weighted by Crippen LogP contribution is 2.40. The summed E-state index contributed by atoms with van der Waals surface area (Å²) in [7, 11) is 1.64. The van der Waals surface area contributed by atoms with Crippen LogP contribution in [-0.2, 0) is 23.2 Å². The van der Waals surface area contributed by atoms with E-state index >= 15 is 0 Å². The highest BCUT2D eigenvalue weighted by atomic mass is 16.5. The van der Waals surface area contributed by atoms with Crippen LogP contribution in [0.3, 0.4) is 0 Å². The number of benzene rings is 2. The zero-order valence-corrected chi connectivity index (χ0v) is 17.9. The fourth-order valence-electron chi connectivity index (χ4n) is 3.40. The van der Waals surface area contributed by atoms with Crippen molar-refractivity contribution in [1.29, 1.82) is 0 Å². The number of carbonyl (C=O) groups excluding carboxylic acids is 1. The van der Waals surface area contributed by atoms with Gasteiger partial charge in [0.15, 0.2) is 0 Å². The Balaban J connectivity index is 2.10. The molecule has 1 aromatic heterocycles. The van der Waals surface area contributed by atoms with E-state index in [2.05, 4.69) is 31.8 Å². The molecule has 0 spiro atoms. The molecule has 0 aliphatic heterocycles. The third-order valence-corrected chi connectivity index (χ3v) is 4.88. The maximum Gasteiger partial charge on any atom is 0.221 e. The molecule has 0 unspecified atom stereocenters. The first-order valence-electron chi connectivity index (χ1n) is 9.91. The molecule has 1 amide bonds. The van der Waals surface area contributed by atoms with Crippen molar-refractivity contribution < 1.29 is 14.3 Å². The zero-order chi connectivity index (χ0) is 21.7. The van der Waals surface area contributed by atoms with Crippen molar-refractivity contribution >= 4 is 5.91 Å². The first kappa shape index (κ1) is 21.4. The number of amides is 1. The number of carbonyl (C=O) groups is 1. The van der Waals surface area contributed by atoms with Gasteiger partial charge in [-0.25, -0.2) is 4.98 Å². The Hall–Kier alpha value is -3.34. The largest absolute Gasteiger partial charge is 0.496 e. The van der Waals surface area contributed by atoms with Crippen molar-refractivity contribution in [3.8, 4) is 22.8 Å². The average molecular weight is 405 g/mol. The Kier molecular flexibility index (Phi) is 6.40. The minimum absolute atomic E-state index is 0.100. The van der Waals surface area contributed by atoms with Crippen LogP contribution in [0.25, 0.3) is 11.1 Å². The number of nitrogens with two attached hydrogens (primary N) is 1. The van der Waals surface area contributed by atoms with Gasteiger partial charge in [0.25, 0.3) is 0 Å². The summed E-state index contributed by atoms with van der Waals surface area (Å²) in [4.78, 5) is 16.2. The number of ether oxygens (including phenoxy) is 2. The molecule has 0 saturated carbocycles. The van der Waals surface area contributed by atoms with Gasteiger partial charge in [0.2, 0.25) is 11.8 Å². The van der Waals surface area contributed by atoms with Crippen molar-refractivity contribution in [2.45, 2.75) is 39.2 Å². The Labute approximate surface area is 177 Å². The first-order valence-corrected chi connectivity index (χ1v) is 9.91. The molecule has 5 nitrogen and oxygen atoms in total. The van der Waals surface area contributed by atoms with E-state index < -0.39 is 5.91 Å². The van der Waals surface area contributed by atoms with Crippen molar-refractivity contribution in [3.05, 3.63) is 77.5 Å². The summed E-state index contributed by atoms with van der Waals surface area (Å²) < 4.78 is 11.7. The van der Waals surface area contributed by atoms with Crippen LogP contribution in [0.4, 0.5) is 0 Å². The van der Waals surface area contributed by atoms with E-state index in [1.165, 1.54) is 0 Å². The molecule has 2 N–H and O–H groups in total. The van der Waals surface area contributed by atoms with Gasteiger partial charge in [0, 0.05) is 17.3 Å². The van der Waals surface area contributed by atoms with E-state index in [4.69, 9.17) is 15.2 Å². The van der Waals surface area contributed by atoms with Crippen LogP contribution in [0, 0.1) is 0 Å². The fourth-order valence-corrected chi connectivity index (χ4v) is 3.40. The molecule has 2 aromatic carbocycles. The van der Waals surface area contributed by atoms with Crippen molar-refractivity contribution in [2.24, 2.45) is 5.73 Å². The van der Waals surface area contributed by atoms with E-state index in [9.17, 15) is 4.79 Å². The van der Waals surface area contributed by atoms with Gasteiger partial charge in [-0.1, -0.05) is 51.1 Å². The molecule has 1 heterocycles. The second kappa shape index (κ2) is 8.99. The van der Waals surface area contributed by atoms with Gasteiger partial charge in [-0.2, -0.15) is 0 Å². The molecule has 3 rings (SSSR count). The number of pyridine rings is 1. The van der Waals surface area contributed by atoms with Crippen LogP contribution in [-0.4, -0.2) is 18.0 Å². The molecule has 0 radical (unpaired) electrons. The predicted octanol–water partition coefficient (Wildman–Crippen LogP) is 4.66. The number of nitrogens with zero attached hydrogens (tertiary/aromatic N) is 1. The van der Waals surface area contributed by atoms with Crippen molar-refractivity contribution in [2.75, 3.05) is 7.11 Å². The Morgan fingerprint density at radius 1 is 1.03 bits per heavy atom. The van der Waals surface area contributed by atoms with Crippen LogP contribution in [0.5, 0.6) is 11.6 Å². The van der Waals surface area contributed by atoms with Gasteiger partial charge in [-0.3, -0.25) is 4.79 Å². The second-order valence-electron chi connectivity index (χ2n) is 8.23. The van der Waals surface area contributed by atoms with E-state index in [1.54, 1.807) is 13.3 Å². The summed E-state index contributed by atoms with van der Waals surface area (Å²) in [6, 6.07) is 17.7. The predicted molar refractivity (Wildman–Crippen MR) is 119 cm³/mol. The molecule has 0 bridgehead atoms. The Bertz CT molecular complexity index is 1020. The molecule has 0 saturated heterocycles. The molecule has 3 aromatic rings. The van der Waals surface area contributed by atoms with Crippen LogP contribution < -0.4 is 15.2 Å². The normalized spacial score (nSPS) is 11.2. The van der Waals surface area contributed by atoms with Crippen LogP contribution in [0.15, 0.2) is 60.8 Å². The molecular formula is C25H28N2O3. The minimum Gasteiger partial charge on any atom is -0.496 e.